The van der Waals surface area contributed by atoms with Crippen molar-refractivity contribution in [3.05, 3.63) is 34.9 Å². The van der Waals surface area contributed by atoms with Crippen LogP contribution in [0.5, 0.6) is 0 Å². The first-order chi connectivity index (χ1) is 11.0. The van der Waals surface area contributed by atoms with Crippen molar-refractivity contribution in [2.45, 2.75) is 37.6 Å². The van der Waals surface area contributed by atoms with Crippen LogP contribution in [0.2, 0.25) is 5.02 Å². The molecule has 1 aromatic rings. The van der Waals surface area contributed by atoms with E-state index in [2.05, 4.69) is 10.6 Å². The van der Waals surface area contributed by atoms with Gasteiger partial charge in [-0.25, -0.2) is 0 Å². The van der Waals surface area contributed by atoms with Crippen molar-refractivity contribution >= 4 is 23.5 Å². The predicted octanol–water partition coefficient (Wildman–Crippen LogP) is 2.16. The Kier molecular flexibility index (Phi) is 4.60. The molecule has 2 fully saturated rings. The number of rotatable bonds is 4. The fourth-order valence-corrected chi connectivity index (χ4v) is 3.68. The first kappa shape index (κ1) is 16.3. The molecule has 23 heavy (non-hydrogen) atoms. The van der Waals surface area contributed by atoms with Crippen molar-refractivity contribution in [3.8, 4) is 0 Å². The molecule has 0 spiro atoms. The maximum Gasteiger partial charge on any atom is 0.319 e. The van der Waals surface area contributed by atoms with Crippen molar-refractivity contribution in [2.75, 3.05) is 13.1 Å². The summed E-state index contributed by atoms with van der Waals surface area (Å²) in [5.74, 6) is -0.962. The SMILES string of the molecule is O=C(O)C1(C(=O)NC2CC(c3cccc(Cl)c3)C2)CCNCC1. The van der Waals surface area contributed by atoms with Gasteiger partial charge < -0.3 is 15.7 Å². The van der Waals surface area contributed by atoms with Crippen LogP contribution in [-0.2, 0) is 9.59 Å². The summed E-state index contributed by atoms with van der Waals surface area (Å²) in [6, 6.07) is 7.82. The Morgan fingerprint density at radius 2 is 1.96 bits per heavy atom. The molecule has 1 aliphatic heterocycles. The average molecular weight is 337 g/mol. The minimum absolute atomic E-state index is 0.0533. The van der Waals surface area contributed by atoms with Gasteiger partial charge in [0.1, 0.15) is 5.41 Å². The lowest BCUT2D eigenvalue weighted by molar-refractivity contribution is -0.158. The molecule has 1 heterocycles. The summed E-state index contributed by atoms with van der Waals surface area (Å²) in [5.41, 5.74) is -0.0929. The first-order valence-corrected chi connectivity index (χ1v) is 8.39. The maximum absolute atomic E-state index is 12.5. The van der Waals surface area contributed by atoms with E-state index in [0.717, 1.165) is 17.9 Å². The molecule has 3 rings (SSSR count). The van der Waals surface area contributed by atoms with Crippen molar-refractivity contribution in [1.82, 2.24) is 10.6 Å². The molecule has 1 aromatic carbocycles. The van der Waals surface area contributed by atoms with Crippen LogP contribution in [-0.4, -0.2) is 36.1 Å². The molecule has 0 atom stereocenters. The Labute approximate surface area is 140 Å². The number of benzene rings is 1. The van der Waals surface area contributed by atoms with Crippen molar-refractivity contribution in [3.63, 3.8) is 0 Å². The standard InChI is InChI=1S/C17H21ClN2O3/c18-13-3-1-2-11(8-13)12-9-14(10-12)20-15(21)17(16(22)23)4-6-19-7-5-17/h1-3,8,12,14,19H,4-7,9-10H2,(H,20,21)(H,22,23). The highest BCUT2D eigenvalue weighted by atomic mass is 35.5. The topological polar surface area (TPSA) is 78.4 Å². The number of carboxylic acid groups (broad SMARTS) is 1. The van der Waals surface area contributed by atoms with Gasteiger partial charge in [0.25, 0.3) is 0 Å². The largest absolute Gasteiger partial charge is 0.480 e. The number of aliphatic carboxylic acids is 1. The molecular weight excluding hydrogens is 316 g/mol. The summed E-state index contributed by atoms with van der Waals surface area (Å²) in [7, 11) is 0. The molecule has 3 N–H and O–H groups in total. The van der Waals surface area contributed by atoms with Gasteiger partial charge in [-0.2, -0.15) is 0 Å². The third-order valence-corrected chi connectivity index (χ3v) is 5.33. The van der Waals surface area contributed by atoms with E-state index < -0.39 is 11.4 Å². The molecule has 1 aliphatic carbocycles. The zero-order chi connectivity index (χ0) is 16.4. The number of hydrogen-bond acceptors (Lipinski definition) is 3. The Bertz CT molecular complexity index is 608. The van der Waals surface area contributed by atoms with Crippen LogP contribution in [0.15, 0.2) is 24.3 Å². The van der Waals surface area contributed by atoms with E-state index in [0.29, 0.717) is 31.8 Å². The summed E-state index contributed by atoms with van der Waals surface area (Å²) in [6.45, 7) is 1.13. The Balaban J connectivity index is 1.58. The van der Waals surface area contributed by atoms with Crippen LogP contribution in [0.4, 0.5) is 0 Å². The number of piperidine rings is 1. The van der Waals surface area contributed by atoms with Crippen LogP contribution in [0.1, 0.15) is 37.2 Å². The number of carboxylic acids is 1. The molecule has 1 saturated carbocycles. The number of carbonyl (C=O) groups is 2. The predicted molar refractivity (Wildman–Crippen MR) is 87.5 cm³/mol. The molecule has 0 aromatic heterocycles. The fourth-order valence-electron chi connectivity index (χ4n) is 3.48. The quantitative estimate of drug-likeness (QED) is 0.736. The van der Waals surface area contributed by atoms with Gasteiger partial charge in [-0.3, -0.25) is 9.59 Å². The van der Waals surface area contributed by atoms with Crippen LogP contribution in [0.25, 0.3) is 0 Å². The van der Waals surface area contributed by atoms with Crippen molar-refractivity contribution in [1.29, 1.82) is 0 Å². The molecule has 1 amide bonds. The molecule has 5 nitrogen and oxygen atoms in total. The molecule has 0 unspecified atom stereocenters. The minimum atomic E-state index is -1.27. The summed E-state index contributed by atoms with van der Waals surface area (Å²) in [4.78, 5) is 24.1. The van der Waals surface area contributed by atoms with Gasteiger partial charge in [0, 0.05) is 11.1 Å². The van der Waals surface area contributed by atoms with Crippen LogP contribution < -0.4 is 10.6 Å². The van der Waals surface area contributed by atoms with E-state index in [1.54, 1.807) is 0 Å². The van der Waals surface area contributed by atoms with Crippen molar-refractivity contribution < 1.29 is 14.7 Å². The van der Waals surface area contributed by atoms with Crippen LogP contribution in [0.3, 0.4) is 0 Å². The van der Waals surface area contributed by atoms with E-state index >= 15 is 0 Å². The Morgan fingerprint density at radius 3 is 2.57 bits per heavy atom. The third-order valence-electron chi connectivity index (χ3n) is 5.09. The smallest absolute Gasteiger partial charge is 0.319 e. The molecule has 6 heteroatoms. The van der Waals surface area contributed by atoms with E-state index in [-0.39, 0.29) is 11.9 Å². The van der Waals surface area contributed by atoms with Gasteiger partial charge in [-0.1, -0.05) is 23.7 Å². The lowest BCUT2D eigenvalue weighted by atomic mass is 9.74. The van der Waals surface area contributed by atoms with Crippen LogP contribution in [0, 0.1) is 5.41 Å². The molecule has 2 aliphatic rings. The van der Waals surface area contributed by atoms with Gasteiger partial charge in [0.2, 0.25) is 5.91 Å². The maximum atomic E-state index is 12.5. The number of amides is 1. The summed E-state index contributed by atoms with van der Waals surface area (Å²) >= 11 is 6.00. The molecule has 0 radical (unpaired) electrons. The molecule has 0 bridgehead atoms. The lowest BCUT2D eigenvalue weighted by Gasteiger charge is -2.39. The normalized spacial score (nSPS) is 26.1. The minimum Gasteiger partial charge on any atom is -0.480 e. The zero-order valence-electron chi connectivity index (χ0n) is 12.8. The highest BCUT2D eigenvalue weighted by Crippen LogP contribution is 2.39. The molecular formula is C17H21ClN2O3. The molecule has 1 saturated heterocycles. The first-order valence-electron chi connectivity index (χ1n) is 8.02. The highest BCUT2D eigenvalue weighted by Gasteiger charge is 2.48. The summed E-state index contributed by atoms with van der Waals surface area (Å²) in [6.07, 6.45) is 2.36. The van der Waals surface area contributed by atoms with E-state index in [1.165, 1.54) is 5.56 Å². The number of halogens is 1. The second kappa shape index (κ2) is 6.49. The average Bonchev–Trinajstić information content (AvgIpc) is 2.50. The van der Waals surface area contributed by atoms with E-state index in [4.69, 9.17) is 11.6 Å². The zero-order valence-corrected chi connectivity index (χ0v) is 13.6. The van der Waals surface area contributed by atoms with Gasteiger partial charge in [-0.15, -0.1) is 0 Å². The number of hydrogen-bond donors (Lipinski definition) is 3. The fraction of sp³-hybridized carbons (Fsp3) is 0.529. The van der Waals surface area contributed by atoms with Crippen molar-refractivity contribution in [2.24, 2.45) is 5.41 Å². The lowest BCUT2D eigenvalue weighted by Crippen LogP contribution is -2.56. The number of nitrogens with one attached hydrogen (secondary N) is 2. The highest BCUT2D eigenvalue weighted by molar-refractivity contribution is 6.30. The Morgan fingerprint density at radius 1 is 1.26 bits per heavy atom. The van der Waals surface area contributed by atoms with E-state index in [1.807, 2.05) is 24.3 Å². The summed E-state index contributed by atoms with van der Waals surface area (Å²) in [5, 5.41) is 16.3. The van der Waals surface area contributed by atoms with Gasteiger partial charge >= 0.3 is 5.97 Å². The summed E-state index contributed by atoms with van der Waals surface area (Å²) < 4.78 is 0. The van der Waals surface area contributed by atoms with Gasteiger partial charge in [0.05, 0.1) is 0 Å². The van der Waals surface area contributed by atoms with Crippen LogP contribution >= 0.6 is 11.6 Å². The third kappa shape index (κ3) is 3.21. The second-order valence-electron chi connectivity index (χ2n) is 6.53. The van der Waals surface area contributed by atoms with Gasteiger partial charge in [-0.05, 0) is 62.4 Å². The second-order valence-corrected chi connectivity index (χ2v) is 6.97. The number of carbonyl (C=O) groups excluding carboxylic acids is 1. The van der Waals surface area contributed by atoms with Gasteiger partial charge in [0.15, 0.2) is 0 Å². The van der Waals surface area contributed by atoms with E-state index in [9.17, 15) is 14.7 Å². The monoisotopic (exact) mass is 336 g/mol. The Hall–Kier alpha value is -1.59. The molecule has 124 valence electrons.